The quantitative estimate of drug-likeness (QED) is 0.667. The Balaban J connectivity index is 1.68. The lowest BCUT2D eigenvalue weighted by molar-refractivity contribution is -0.142. The van der Waals surface area contributed by atoms with Crippen LogP contribution in [0.4, 0.5) is 13.2 Å². The molecule has 1 fully saturated rings. The van der Waals surface area contributed by atoms with Crippen molar-refractivity contribution < 1.29 is 27.5 Å². The Morgan fingerprint density at radius 2 is 2.06 bits per heavy atom. The summed E-state index contributed by atoms with van der Waals surface area (Å²) >= 11 is 0. The fourth-order valence-electron chi connectivity index (χ4n) is 4.21. The molecule has 1 aromatic heterocycles. The maximum Gasteiger partial charge on any atom is 0.433 e. The van der Waals surface area contributed by atoms with Gasteiger partial charge >= 0.3 is 6.18 Å². The number of methoxy groups -OCH3 is 1. The Labute approximate surface area is 185 Å². The minimum Gasteiger partial charge on any atom is -0.384 e. The second kappa shape index (κ2) is 10.1. The topological polar surface area (TPSA) is 102 Å². The van der Waals surface area contributed by atoms with Gasteiger partial charge in [0.2, 0.25) is 11.8 Å². The summed E-state index contributed by atoms with van der Waals surface area (Å²) in [7, 11) is 1.45. The minimum absolute atomic E-state index is 0.0151. The molecule has 178 valence electrons. The number of amides is 2. The van der Waals surface area contributed by atoms with Gasteiger partial charge in [0.05, 0.1) is 18.8 Å². The number of rotatable bonds is 7. The van der Waals surface area contributed by atoms with Gasteiger partial charge in [-0.2, -0.15) is 13.2 Å². The molecule has 8 nitrogen and oxygen atoms in total. The van der Waals surface area contributed by atoms with E-state index in [0.717, 1.165) is 6.42 Å². The van der Waals surface area contributed by atoms with Crippen molar-refractivity contribution in [3.8, 4) is 0 Å². The summed E-state index contributed by atoms with van der Waals surface area (Å²) in [6.45, 7) is 3.30. The van der Waals surface area contributed by atoms with E-state index in [4.69, 9.17) is 10.5 Å². The van der Waals surface area contributed by atoms with E-state index in [1.54, 1.807) is 4.90 Å². The lowest BCUT2D eigenvalue weighted by atomic mass is 9.98. The Kier molecular flexibility index (Phi) is 7.71. The van der Waals surface area contributed by atoms with E-state index in [2.05, 4.69) is 16.9 Å². The number of fused-ring (bicyclic) bond motifs is 1. The number of hydrogen-bond donors (Lipinski definition) is 1. The normalized spacial score (nSPS) is 20.3. The SMILES string of the molecule is COCCc1nc2c(c(C(F)(F)F)n1)CCN(C(=O)C[C@H](N)CN1C[C@H](C)CCC1=O)C2. The molecule has 0 saturated carbocycles. The molecule has 0 spiro atoms. The van der Waals surface area contributed by atoms with Crippen LogP contribution < -0.4 is 5.73 Å². The minimum atomic E-state index is -4.60. The molecule has 1 saturated heterocycles. The van der Waals surface area contributed by atoms with Crippen LogP contribution in [0.3, 0.4) is 0 Å². The Bertz CT molecular complexity index is 849. The molecule has 0 aromatic carbocycles. The Hall–Kier alpha value is -2.27. The van der Waals surface area contributed by atoms with Crippen molar-refractivity contribution in [3.63, 3.8) is 0 Å². The summed E-state index contributed by atoms with van der Waals surface area (Å²) in [5.41, 5.74) is 5.47. The first kappa shape index (κ1) is 24.4. The maximum atomic E-state index is 13.5. The van der Waals surface area contributed by atoms with Gasteiger partial charge < -0.3 is 20.3 Å². The zero-order valence-corrected chi connectivity index (χ0v) is 18.5. The molecular weight excluding hydrogens is 427 g/mol. The number of nitrogens with zero attached hydrogens (tertiary/aromatic N) is 4. The van der Waals surface area contributed by atoms with Crippen LogP contribution in [-0.2, 0) is 39.9 Å². The highest BCUT2D eigenvalue weighted by atomic mass is 19.4. The number of carbonyl (C=O) groups excluding carboxylic acids is 2. The number of halogens is 3. The number of piperidine rings is 1. The van der Waals surface area contributed by atoms with E-state index in [9.17, 15) is 22.8 Å². The van der Waals surface area contributed by atoms with Gasteiger partial charge in [-0.1, -0.05) is 6.92 Å². The second-order valence-electron chi connectivity index (χ2n) is 8.63. The van der Waals surface area contributed by atoms with E-state index in [0.29, 0.717) is 25.4 Å². The summed E-state index contributed by atoms with van der Waals surface area (Å²) in [6, 6.07) is -0.536. The molecule has 2 aliphatic rings. The zero-order valence-electron chi connectivity index (χ0n) is 18.5. The van der Waals surface area contributed by atoms with Crippen molar-refractivity contribution in [1.82, 2.24) is 19.8 Å². The molecular formula is C21H30F3N5O3. The van der Waals surface area contributed by atoms with Crippen LogP contribution >= 0.6 is 0 Å². The highest BCUT2D eigenvalue weighted by Crippen LogP contribution is 2.34. The van der Waals surface area contributed by atoms with Crippen molar-refractivity contribution in [2.75, 3.05) is 33.4 Å². The molecule has 0 bridgehead atoms. The predicted molar refractivity (Wildman–Crippen MR) is 109 cm³/mol. The highest BCUT2D eigenvalue weighted by molar-refractivity contribution is 5.78. The number of likely N-dealkylation sites (tertiary alicyclic amines) is 1. The van der Waals surface area contributed by atoms with Crippen molar-refractivity contribution >= 4 is 11.8 Å². The average Bonchev–Trinajstić information content (AvgIpc) is 2.73. The molecule has 0 radical (unpaired) electrons. The van der Waals surface area contributed by atoms with Crippen molar-refractivity contribution in [3.05, 3.63) is 22.8 Å². The zero-order chi connectivity index (χ0) is 23.5. The van der Waals surface area contributed by atoms with Crippen LogP contribution in [0.2, 0.25) is 0 Å². The molecule has 2 N–H and O–H groups in total. The monoisotopic (exact) mass is 457 g/mol. The van der Waals surface area contributed by atoms with E-state index in [1.165, 1.54) is 12.0 Å². The molecule has 1 aromatic rings. The Morgan fingerprint density at radius 3 is 2.75 bits per heavy atom. The molecule has 3 rings (SSSR count). The smallest absolute Gasteiger partial charge is 0.384 e. The van der Waals surface area contributed by atoms with Crippen LogP contribution in [0, 0.1) is 5.92 Å². The fraction of sp³-hybridized carbons (Fsp3) is 0.714. The number of hydrogen-bond acceptors (Lipinski definition) is 6. The number of alkyl halides is 3. The van der Waals surface area contributed by atoms with Crippen LogP contribution in [0.25, 0.3) is 0 Å². The van der Waals surface area contributed by atoms with Crippen LogP contribution in [-0.4, -0.2) is 71.0 Å². The third-order valence-corrected chi connectivity index (χ3v) is 5.89. The van der Waals surface area contributed by atoms with Gasteiger partial charge in [0.25, 0.3) is 0 Å². The van der Waals surface area contributed by atoms with Gasteiger partial charge in [0.1, 0.15) is 5.82 Å². The van der Waals surface area contributed by atoms with Crippen LogP contribution in [0.5, 0.6) is 0 Å². The number of ether oxygens (including phenoxy) is 1. The first-order valence-electron chi connectivity index (χ1n) is 10.8. The number of aromatic nitrogens is 2. The number of nitrogens with two attached hydrogens (primary N) is 1. The molecule has 32 heavy (non-hydrogen) atoms. The lowest BCUT2D eigenvalue weighted by Crippen LogP contribution is -2.48. The van der Waals surface area contributed by atoms with Crippen LogP contribution in [0.1, 0.15) is 49.0 Å². The van der Waals surface area contributed by atoms with E-state index in [1.807, 2.05) is 0 Å². The molecule has 2 amide bonds. The van der Waals surface area contributed by atoms with E-state index in [-0.39, 0.29) is 67.9 Å². The molecule has 3 heterocycles. The highest BCUT2D eigenvalue weighted by Gasteiger charge is 2.39. The second-order valence-corrected chi connectivity index (χ2v) is 8.63. The summed E-state index contributed by atoms with van der Waals surface area (Å²) < 4.78 is 45.5. The van der Waals surface area contributed by atoms with Gasteiger partial charge in [-0.25, -0.2) is 9.97 Å². The third-order valence-electron chi connectivity index (χ3n) is 5.89. The Morgan fingerprint density at radius 1 is 1.31 bits per heavy atom. The van der Waals surface area contributed by atoms with E-state index >= 15 is 0 Å². The molecule has 2 atom stereocenters. The summed E-state index contributed by atoms with van der Waals surface area (Å²) in [5.74, 6) is 0.217. The van der Waals surface area contributed by atoms with Gasteiger partial charge in [-0.05, 0) is 18.8 Å². The largest absolute Gasteiger partial charge is 0.433 e. The third kappa shape index (κ3) is 5.94. The fourth-order valence-corrected chi connectivity index (χ4v) is 4.21. The first-order chi connectivity index (χ1) is 15.1. The summed E-state index contributed by atoms with van der Waals surface area (Å²) in [6.07, 6.45) is -3.07. The van der Waals surface area contributed by atoms with Gasteiger partial charge in [0.15, 0.2) is 5.69 Å². The van der Waals surface area contributed by atoms with Crippen LogP contribution in [0.15, 0.2) is 0 Å². The average molecular weight is 457 g/mol. The van der Waals surface area contributed by atoms with Gasteiger partial charge in [0, 0.05) is 57.6 Å². The summed E-state index contributed by atoms with van der Waals surface area (Å²) in [5, 5.41) is 0. The maximum absolute atomic E-state index is 13.5. The summed E-state index contributed by atoms with van der Waals surface area (Å²) in [4.78, 5) is 36.1. The van der Waals surface area contributed by atoms with E-state index < -0.39 is 17.9 Å². The predicted octanol–water partition coefficient (Wildman–Crippen LogP) is 1.54. The first-order valence-corrected chi connectivity index (χ1v) is 10.8. The lowest BCUT2D eigenvalue weighted by Gasteiger charge is -2.34. The molecule has 11 heteroatoms. The number of carbonyl (C=O) groups is 2. The molecule has 0 aliphatic carbocycles. The molecule has 0 unspecified atom stereocenters. The molecule has 2 aliphatic heterocycles. The van der Waals surface area contributed by atoms with Crippen molar-refractivity contribution in [2.45, 2.75) is 57.8 Å². The van der Waals surface area contributed by atoms with Crippen molar-refractivity contribution in [2.24, 2.45) is 11.7 Å². The van der Waals surface area contributed by atoms with Crippen molar-refractivity contribution in [1.29, 1.82) is 0 Å². The van der Waals surface area contributed by atoms with Gasteiger partial charge in [-0.15, -0.1) is 0 Å². The standard InChI is InChI=1S/C21H30F3N5O3/c1-13-3-4-18(30)29(10-13)11-14(25)9-19(31)28-7-5-15-16(12-28)26-17(6-8-32-2)27-20(15)21(22,23)24/h13-14H,3-12,25H2,1-2H3/t13-,14+/m1/s1. The van der Waals surface area contributed by atoms with Gasteiger partial charge in [-0.3, -0.25) is 9.59 Å².